The van der Waals surface area contributed by atoms with Crippen molar-refractivity contribution in [1.29, 1.82) is 0 Å². The zero-order chi connectivity index (χ0) is 20.4. The highest BCUT2D eigenvalue weighted by molar-refractivity contribution is 6.35. The molecule has 1 aromatic carbocycles. The number of anilines is 1. The molecule has 1 saturated carbocycles. The molecule has 0 radical (unpaired) electrons. The highest BCUT2D eigenvalue weighted by Crippen LogP contribution is 2.45. The van der Waals surface area contributed by atoms with E-state index in [4.69, 9.17) is 23.2 Å². The number of nitrogens with zero attached hydrogens (tertiary/aromatic N) is 3. The van der Waals surface area contributed by atoms with E-state index < -0.39 is 0 Å². The highest BCUT2D eigenvalue weighted by atomic mass is 35.5. The molecule has 0 aromatic heterocycles. The second kappa shape index (κ2) is 8.83. The van der Waals surface area contributed by atoms with Gasteiger partial charge in [-0.2, -0.15) is 0 Å². The van der Waals surface area contributed by atoms with Crippen molar-refractivity contribution in [3.05, 3.63) is 28.2 Å². The Balaban J connectivity index is 1.28. The lowest BCUT2D eigenvalue weighted by Crippen LogP contribution is -2.53. The van der Waals surface area contributed by atoms with Crippen LogP contribution in [0.1, 0.15) is 44.9 Å². The molecule has 0 bridgehead atoms. The van der Waals surface area contributed by atoms with Gasteiger partial charge in [0.15, 0.2) is 0 Å². The van der Waals surface area contributed by atoms with Gasteiger partial charge in [-0.1, -0.05) is 42.5 Å². The van der Waals surface area contributed by atoms with Gasteiger partial charge >= 0.3 is 0 Å². The Morgan fingerprint density at radius 2 is 1.52 bits per heavy atom. The topological polar surface area (TPSA) is 43.9 Å². The van der Waals surface area contributed by atoms with Crippen molar-refractivity contribution in [2.75, 3.05) is 44.2 Å². The number of benzene rings is 1. The predicted molar refractivity (Wildman–Crippen MR) is 117 cm³/mol. The summed E-state index contributed by atoms with van der Waals surface area (Å²) in [6.07, 6.45) is 6.72. The molecular weight excluding hydrogens is 409 g/mol. The maximum absolute atomic E-state index is 12.7. The van der Waals surface area contributed by atoms with Gasteiger partial charge in [-0.15, -0.1) is 0 Å². The van der Waals surface area contributed by atoms with Crippen molar-refractivity contribution in [2.24, 2.45) is 5.41 Å². The summed E-state index contributed by atoms with van der Waals surface area (Å²) in [5.41, 5.74) is 0.933. The van der Waals surface area contributed by atoms with Crippen molar-refractivity contribution in [3.63, 3.8) is 0 Å². The van der Waals surface area contributed by atoms with Gasteiger partial charge in [0.2, 0.25) is 11.8 Å². The van der Waals surface area contributed by atoms with E-state index in [2.05, 4.69) is 9.80 Å². The lowest BCUT2D eigenvalue weighted by atomic mass is 9.67. The third-order valence-corrected chi connectivity index (χ3v) is 7.38. The minimum atomic E-state index is -0.0369. The molecule has 3 fully saturated rings. The largest absolute Gasteiger partial charge is 0.368 e. The van der Waals surface area contributed by atoms with Crippen LogP contribution < -0.4 is 4.90 Å². The SMILES string of the molecule is O=C1CC2(CCCCC2)CC(=O)N1CCN1CCN(c2cc(Cl)ccc2Cl)CC1. The molecule has 1 aromatic rings. The van der Waals surface area contributed by atoms with Gasteiger partial charge in [0.05, 0.1) is 10.7 Å². The van der Waals surface area contributed by atoms with Gasteiger partial charge < -0.3 is 4.90 Å². The number of rotatable bonds is 4. The van der Waals surface area contributed by atoms with Crippen LogP contribution in [-0.2, 0) is 9.59 Å². The van der Waals surface area contributed by atoms with Crippen LogP contribution in [0.25, 0.3) is 0 Å². The average Bonchev–Trinajstić information content (AvgIpc) is 2.70. The fraction of sp³-hybridized carbons (Fsp3) is 0.636. The number of piperazine rings is 1. The summed E-state index contributed by atoms with van der Waals surface area (Å²) in [7, 11) is 0. The van der Waals surface area contributed by atoms with Gasteiger partial charge in [0.1, 0.15) is 0 Å². The zero-order valence-corrected chi connectivity index (χ0v) is 18.4. The number of hydrogen-bond donors (Lipinski definition) is 0. The lowest BCUT2D eigenvalue weighted by Gasteiger charge is -2.43. The maximum Gasteiger partial charge on any atom is 0.229 e. The van der Waals surface area contributed by atoms with E-state index in [-0.39, 0.29) is 17.2 Å². The Labute approximate surface area is 182 Å². The standard InChI is InChI=1S/C22H29Cl2N3O2/c23-17-4-5-18(24)19(14-17)26-11-8-25(9-12-26)10-13-27-20(28)15-22(16-21(27)29)6-2-1-3-7-22/h4-5,14H,1-3,6-13,15-16H2. The molecule has 2 aliphatic heterocycles. The van der Waals surface area contributed by atoms with E-state index >= 15 is 0 Å². The molecule has 3 aliphatic rings. The molecule has 5 nitrogen and oxygen atoms in total. The summed E-state index contributed by atoms with van der Waals surface area (Å²) in [6.45, 7) is 4.70. The minimum absolute atomic E-state index is 0.0347. The van der Waals surface area contributed by atoms with Gasteiger partial charge in [0.25, 0.3) is 0 Å². The number of likely N-dealkylation sites (tertiary alicyclic amines) is 1. The fourth-order valence-corrected chi connectivity index (χ4v) is 5.52. The number of hydrogen-bond acceptors (Lipinski definition) is 4. The molecule has 2 amide bonds. The van der Waals surface area contributed by atoms with Crippen molar-refractivity contribution < 1.29 is 9.59 Å². The number of imide groups is 1. The van der Waals surface area contributed by atoms with Gasteiger partial charge in [-0.05, 0) is 36.5 Å². The summed E-state index contributed by atoms with van der Waals surface area (Å²) in [5, 5.41) is 1.40. The van der Waals surface area contributed by atoms with Crippen LogP contribution >= 0.6 is 23.2 Å². The summed E-state index contributed by atoms with van der Waals surface area (Å²) >= 11 is 12.4. The second-order valence-corrected chi connectivity index (χ2v) is 9.62. The fourth-order valence-electron chi connectivity index (χ4n) is 5.12. The molecule has 2 saturated heterocycles. The van der Waals surface area contributed by atoms with Crippen LogP contribution in [0.3, 0.4) is 0 Å². The van der Waals surface area contributed by atoms with Gasteiger partial charge in [-0.3, -0.25) is 19.4 Å². The summed E-state index contributed by atoms with van der Waals surface area (Å²) in [4.78, 5) is 31.5. The van der Waals surface area contributed by atoms with E-state index in [1.807, 2.05) is 12.1 Å². The smallest absolute Gasteiger partial charge is 0.229 e. The normalized spacial score (nSPS) is 23.1. The summed E-state index contributed by atoms with van der Waals surface area (Å²) < 4.78 is 0. The van der Waals surface area contributed by atoms with Gasteiger partial charge in [0, 0.05) is 57.1 Å². The Hall–Kier alpha value is -1.30. The first-order valence-corrected chi connectivity index (χ1v) is 11.5. The Morgan fingerprint density at radius 1 is 0.862 bits per heavy atom. The van der Waals surface area contributed by atoms with Crippen molar-refractivity contribution in [1.82, 2.24) is 9.80 Å². The van der Waals surface area contributed by atoms with Crippen molar-refractivity contribution >= 4 is 40.7 Å². The van der Waals surface area contributed by atoms with Gasteiger partial charge in [-0.25, -0.2) is 0 Å². The molecule has 0 unspecified atom stereocenters. The maximum atomic E-state index is 12.7. The van der Waals surface area contributed by atoms with Crippen LogP contribution in [0.5, 0.6) is 0 Å². The first-order valence-electron chi connectivity index (χ1n) is 10.7. The van der Waals surface area contributed by atoms with Crippen LogP contribution in [0.15, 0.2) is 18.2 Å². The quantitative estimate of drug-likeness (QED) is 0.661. The summed E-state index contributed by atoms with van der Waals surface area (Å²) in [6, 6.07) is 5.54. The molecule has 4 rings (SSSR count). The average molecular weight is 438 g/mol. The van der Waals surface area contributed by atoms with Crippen LogP contribution in [-0.4, -0.2) is 60.9 Å². The molecule has 1 aliphatic carbocycles. The molecule has 0 atom stereocenters. The molecule has 2 heterocycles. The van der Waals surface area contributed by atoms with E-state index in [0.29, 0.717) is 29.4 Å². The first kappa shape index (κ1) is 21.0. The first-order chi connectivity index (χ1) is 14.0. The van der Waals surface area contributed by atoms with Crippen molar-refractivity contribution in [3.8, 4) is 0 Å². The Bertz CT molecular complexity index is 751. The molecular formula is C22H29Cl2N3O2. The molecule has 0 N–H and O–H groups in total. The third kappa shape index (κ3) is 4.73. The van der Waals surface area contributed by atoms with Crippen LogP contribution in [0.2, 0.25) is 10.0 Å². The van der Waals surface area contributed by atoms with E-state index in [1.165, 1.54) is 11.3 Å². The van der Waals surface area contributed by atoms with Crippen molar-refractivity contribution in [2.45, 2.75) is 44.9 Å². The highest BCUT2D eigenvalue weighted by Gasteiger charge is 2.43. The Kier molecular flexibility index (Phi) is 6.38. The molecule has 29 heavy (non-hydrogen) atoms. The van der Waals surface area contributed by atoms with Crippen LogP contribution in [0.4, 0.5) is 5.69 Å². The second-order valence-electron chi connectivity index (χ2n) is 8.78. The molecule has 7 heteroatoms. The zero-order valence-electron chi connectivity index (χ0n) is 16.8. The van der Waals surface area contributed by atoms with E-state index in [0.717, 1.165) is 64.1 Å². The van der Waals surface area contributed by atoms with E-state index in [1.54, 1.807) is 6.07 Å². The number of carbonyl (C=O) groups is 2. The number of halogens is 2. The third-order valence-electron chi connectivity index (χ3n) is 6.83. The number of amides is 2. The number of carbonyl (C=O) groups excluding carboxylic acids is 2. The number of piperidine rings is 1. The van der Waals surface area contributed by atoms with Crippen LogP contribution in [0, 0.1) is 5.41 Å². The monoisotopic (exact) mass is 437 g/mol. The minimum Gasteiger partial charge on any atom is -0.368 e. The molecule has 158 valence electrons. The molecule has 1 spiro atoms. The predicted octanol–water partition coefficient (Wildman–Crippen LogP) is 4.21. The van der Waals surface area contributed by atoms with E-state index in [9.17, 15) is 9.59 Å². The Morgan fingerprint density at radius 3 is 2.17 bits per heavy atom. The lowest BCUT2D eigenvalue weighted by molar-refractivity contribution is -0.154. The summed E-state index contributed by atoms with van der Waals surface area (Å²) in [5.74, 6) is 0.0694.